The number of ether oxygens (including phenoxy) is 1. The minimum Gasteiger partial charge on any atom is -0.453 e. The highest BCUT2D eigenvalue weighted by Crippen LogP contribution is 2.54. The van der Waals surface area contributed by atoms with Crippen molar-refractivity contribution in [2.24, 2.45) is 5.92 Å². The normalized spacial score (nSPS) is 38.2. The first-order valence-electron chi connectivity index (χ1n) is 9.16. The molecule has 0 saturated carbocycles. The van der Waals surface area contributed by atoms with E-state index < -0.39 is 29.1 Å². The standard InChI is InChI=1S/C19H24ClNO4/c1-18-14(9-10-20)16(23)21-19(18,17(24)25-18)15(22)13-8-4-6-11-5-2-3-7-12(11)13/h8,14-15,22H,2-7,9-10H2,1H3,(H,21,23)/t14-,15-,18+,19?/m0/s1. The van der Waals surface area contributed by atoms with E-state index in [1.54, 1.807) is 6.92 Å². The summed E-state index contributed by atoms with van der Waals surface area (Å²) in [5.41, 5.74) is 0.963. The summed E-state index contributed by atoms with van der Waals surface area (Å²) in [6.07, 6.45) is 7.55. The highest BCUT2D eigenvalue weighted by Gasteiger charge is 2.79. The Morgan fingerprint density at radius 3 is 2.84 bits per heavy atom. The molecule has 0 bridgehead atoms. The van der Waals surface area contributed by atoms with Gasteiger partial charge in [0.1, 0.15) is 6.10 Å². The van der Waals surface area contributed by atoms with E-state index in [1.165, 1.54) is 17.6 Å². The second-order valence-electron chi connectivity index (χ2n) is 7.71. The summed E-state index contributed by atoms with van der Waals surface area (Å²) in [5, 5.41) is 14.1. The number of hydrogen-bond donors (Lipinski definition) is 2. The van der Waals surface area contributed by atoms with Crippen LogP contribution in [0.5, 0.6) is 0 Å². The first kappa shape index (κ1) is 17.1. The summed E-state index contributed by atoms with van der Waals surface area (Å²) in [4.78, 5) is 25.0. The lowest BCUT2D eigenvalue weighted by atomic mass is 9.64. The fourth-order valence-corrected chi connectivity index (χ4v) is 5.38. The van der Waals surface area contributed by atoms with E-state index in [4.69, 9.17) is 16.3 Å². The zero-order valence-electron chi connectivity index (χ0n) is 14.4. The van der Waals surface area contributed by atoms with Gasteiger partial charge in [-0.15, -0.1) is 11.6 Å². The number of aliphatic hydroxyl groups excluding tert-OH is 1. The van der Waals surface area contributed by atoms with E-state index >= 15 is 0 Å². The first-order chi connectivity index (χ1) is 12.0. The molecule has 2 N–H and O–H groups in total. The van der Waals surface area contributed by atoms with Crippen LogP contribution >= 0.6 is 11.6 Å². The van der Waals surface area contributed by atoms with Crippen molar-refractivity contribution in [2.75, 3.05) is 5.88 Å². The molecule has 2 heterocycles. The fourth-order valence-electron chi connectivity index (χ4n) is 5.16. The average Bonchev–Trinajstić information content (AvgIpc) is 2.79. The number of esters is 1. The predicted octanol–water partition coefficient (Wildman–Crippen LogP) is 2.37. The molecule has 4 aliphatic rings. The van der Waals surface area contributed by atoms with Gasteiger partial charge in [-0.25, -0.2) is 4.79 Å². The molecular formula is C19H24ClNO4. The molecule has 0 aromatic carbocycles. The van der Waals surface area contributed by atoms with Crippen LogP contribution in [0.4, 0.5) is 0 Å². The summed E-state index contributed by atoms with van der Waals surface area (Å²) < 4.78 is 5.45. The Kier molecular flexibility index (Phi) is 4.00. The minimum atomic E-state index is -1.39. The van der Waals surface area contributed by atoms with Crippen LogP contribution in [0.2, 0.25) is 0 Å². The van der Waals surface area contributed by atoms with Gasteiger partial charge in [0.25, 0.3) is 0 Å². The van der Waals surface area contributed by atoms with Gasteiger partial charge < -0.3 is 15.2 Å². The van der Waals surface area contributed by atoms with Gasteiger partial charge in [-0.05, 0) is 63.0 Å². The summed E-state index contributed by atoms with van der Waals surface area (Å²) in [5.74, 6) is -1.03. The molecule has 6 heteroatoms. The highest BCUT2D eigenvalue weighted by molar-refractivity contribution is 6.18. The number of allylic oxidation sites excluding steroid dienone is 2. The molecule has 2 fully saturated rings. The number of aliphatic hydroxyl groups is 1. The van der Waals surface area contributed by atoms with E-state index in [0.29, 0.717) is 12.3 Å². The Hall–Kier alpha value is -1.33. The average molecular weight is 366 g/mol. The van der Waals surface area contributed by atoms with Gasteiger partial charge in [0.2, 0.25) is 11.4 Å². The van der Waals surface area contributed by atoms with Crippen LogP contribution in [0.3, 0.4) is 0 Å². The van der Waals surface area contributed by atoms with Crippen LogP contribution in [0.15, 0.2) is 22.8 Å². The molecule has 25 heavy (non-hydrogen) atoms. The van der Waals surface area contributed by atoms with Crippen LogP contribution in [0.25, 0.3) is 0 Å². The number of halogens is 1. The Bertz CT molecular complexity index is 700. The van der Waals surface area contributed by atoms with Crippen molar-refractivity contribution >= 4 is 23.5 Å². The van der Waals surface area contributed by atoms with Gasteiger partial charge in [0.05, 0.1) is 5.92 Å². The predicted molar refractivity (Wildman–Crippen MR) is 93.0 cm³/mol. The zero-order chi connectivity index (χ0) is 17.8. The van der Waals surface area contributed by atoms with Gasteiger partial charge >= 0.3 is 5.97 Å². The van der Waals surface area contributed by atoms with Gasteiger partial charge in [-0.2, -0.15) is 0 Å². The van der Waals surface area contributed by atoms with Crippen molar-refractivity contribution in [3.05, 3.63) is 22.8 Å². The number of alkyl halides is 1. The van der Waals surface area contributed by atoms with Crippen LogP contribution in [-0.4, -0.2) is 40.1 Å². The number of nitrogens with one attached hydrogen (secondary N) is 1. The summed E-state index contributed by atoms with van der Waals surface area (Å²) >= 11 is 5.85. The molecule has 4 atom stereocenters. The second-order valence-corrected chi connectivity index (χ2v) is 8.09. The molecule has 5 nitrogen and oxygen atoms in total. The van der Waals surface area contributed by atoms with Crippen molar-refractivity contribution < 1.29 is 19.4 Å². The van der Waals surface area contributed by atoms with Crippen LogP contribution in [-0.2, 0) is 14.3 Å². The summed E-state index contributed by atoms with van der Waals surface area (Å²) in [6.45, 7) is 1.74. The van der Waals surface area contributed by atoms with E-state index in [1.807, 2.05) is 6.08 Å². The van der Waals surface area contributed by atoms with E-state index in [0.717, 1.165) is 37.7 Å². The van der Waals surface area contributed by atoms with Crippen molar-refractivity contribution in [3.8, 4) is 0 Å². The molecule has 0 aromatic rings. The van der Waals surface area contributed by atoms with Crippen molar-refractivity contribution in [2.45, 2.75) is 69.1 Å². The Labute approximate surface area is 152 Å². The topological polar surface area (TPSA) is 75.6 Å². The quantitative estimate of drug-likeness (QED) is 0.592. The molecule has 0 radical (unpaired) electrons. The maximum atomic E-state index is 12.5. The third-order valence-electron chi connectivity index (χ3n) is 6.55. The smallest absolute Gasteiger partial charge is 0.339 e. The largest absolute Gasteiger partial charge is 0.453 e. The monoisotopic (exact) mass is 365 g/mol. The maximum absolute atomic E-state index is 12.5. The SMILES string of the molecule is C[C@]12OC(=O)C1([C@@H](O)C1=CCCC3=C1CCCC3)NC(=O)[C@@H]2CCCl. The second kappa shape index (κ2) is 5.85. The van der Waals surface area contributed by atoms with Crippen LogP contribution < -0.4 is 5.32 Å². The third-order valence-corrected chi connectivity index (χ3v) is 6.77. The van der Waals surface area contributed by atoms with Crippen LogP contribution in [0.1, 0.15) is 51.9 Å². The molecule has 0 spiro atoms. The highest BCUT2D eigenvalue weighted by atomic mass is 35.5. The number of carbonyl (C=O) groups is 2. The van der Waals surface area contributed by atoms with E-state index in [-0.39, 0.29) is 5.91 Å². The lowest BCUT2D eigenvalue weighted by Gasteiger charge is -2.54. The number of carbonyl (C=O) groups excluding carboxylic acids is 2. The van der Waals surface area contributed by atoms with E-state index in [9.17, 15) is 14.7 Å². The van der Waals surface area contributed by atoms with Crippen LogP contribution in [0, 0.1) is 5.92 Å². The number of amides is 1. The molecule has 2 aliphatic carbocycles. The number of fused-ring (bicyclic) bond motifs is 1. The lowest BCUT2D eigenvalue weighted by Crippen LogP contribution is -2.79. The third kappa shape index (κ3) is 2.12. The molecule has 1 amide bonds. The minimum absolute atomic E-state index is 0.262. The molecule has 136 valence electrons. The van der Waals surface area contributed by atoms with Gasteiger partial charge in [-0.3, -0.25) is 4.79 Å². The summed E-state index contributed by atoms with van der Waals surface area (Å²) in [7, 11) is 0. The van der Waals surface area contributed by atoms with Crippen molar-refractivity contribution in [1.29, 1.82) is 0 Å². The van der Waals surface area contributed by atoms with Gasteiger partial charge in [-0.1, -0.05) is 11.6 Å². The molecule has 0 aromatic heterocycles. The summed E-state index contributed by atoms with van der Waals surface area (Å²) in [6, 6.07) is 0. The number of hydrogen-bond acceptors (Lipinski definition) is 4. The molecule has 2 saturated heterocycles. The van der Waals surface area contributed by atoms with Crippen molar-refractivity contribution in [3.63, 3.8) is 0 Å². The fraction of sp³-hybridized carbons (Fsp3) is 0.684. The van der Waals surface area contributed by atoms with E-state index in [2.05, 4.69) is 5.32 Å². The van der Waals surface area contributed by atoms with Crippen molar-refractivity contribution in [1.82, 2.24) is 5.32 Å². The lowest BCUT2D eigenvalue weighted by molar-refractivity contribution is -0.231. The molecular weight excluding hydrogens is 342 g/mol. The Balaban J connectivity index is 1.73. The first-order valence-corrected chi connectivity index (χ1v) is 9.70. The maximum Gasteiger partial charge on any atom is 0.339 e. The molecule has 4 rings (SSSR count). The Morgan fingerprint density at radius 2 is 2.12 bits per heavy atom. The zero-order valence-corrected chi connectivity index (χ0v) is 15.2. The number of rotatable bonds is 4. The Morgan fingerprint density at radius 1 is 1.36 bits per heavy atom. The molecule has 2 aliphatic heterocycles. The van der Waals surface area contributed by atoms with Gasteiger partial charge in [0.15, 0.2) is 5.60 Å². The van der Waals surface area contributed by atoms with Gasteiger partial charge in [0, 0.05) is 5.88 Å². The molecule has 1 unspecified atom stereocenters.